The maximum Gasteiger partial charge on any atom is 0.306 e. The van der Waals surface area contributed by atoms with Crippen LogP contribution in [0.4, 0.5) is 0 Å². The zero-order valence-corrected chi connectivity index (χ0v) is 16.2. The zero-order valence-electron chi connectivity index (χ0n) is 16.2. The fourth-order valence-corrected chi connectivity index (χ4v) is 6.70. The van der Waals surface area contributed by atoms with Crippen molar-refractivity contribution in [3.05, 3.63) is 0 Å². The van der Waals surface area contributed by atoms with Gasteiger partial charge in [0.15, 0.2) is 0 Å². The average molecular weight is 370 g/mol. The second-order valence-corrected chi connectivity index (χ2v) is 9.57. The van der Waals surface area contributed by atoms with Gasteiger partial charge in [-0.3, -0.25) is 4.79 Å². The normalized spacial score (nSPS) is 51.4. The molecule has 0 aromatic rings. The summed E-state index contributed by atoms with van der Waals surface area (Å²) in [5.41, 5.74) is -2.40. The molecule has 1 saturated heterocycles. The summed E-state index contributed by atoms with van der Waals surface area (Å²) >= 11 is 0. The van der Waals surface area contributed by atoms with E-state index in [4.69, 9.17) is 4.74 Å². The van der Waals surface area contributed by atoms with Gasteiger partial charge < -0.3 is 25.2 Å². The molecule has 2 saturated carbocycles. The van der Waals surface area contributed by atoms with Crippen LogP contribution in [0.3, 0.4) is 0 Å². The van der Waals surface area contributed by atoms with E-state index >= 15 is 0 Å². The Hall–Kier alpha value is -0.690. The minimum absolute atomic E-state index is 0.0703. The first-order valence-electron chi connectivity index (χ1n) is 9.91. The summed E-state index contributed by atoms with van der Waals surface area (Å²) in [4.78, 5) is 11.4. The van der Waals surface area contributed by atoms with E-state index in [1.807, 2.05) is 6.92 Å². The summed E-state index contributed by atoms with van der Waals surface area (Å²) in [5, 5.41) is 40.0. The van der Waals surface area contributed by atoms with Gasteiger partial charge in [-0.05, 0) is 50.4 Å². The Labute approximate surface area is 155 Å². The molecule has 0 aromatic heterocycles. The zero-order chi connectivity index (χ0) is 19.4. The minimum Gasteiger partial charge on any atom is -0.481 e. The van der Waals surface area contributed by atoms with Crippen molar-refractivity contribution in [2.24, 2.45) is 22.7 Å². The SMILES string of the molecule is C[C@H]1CC[C@@H]2[C@@](C)(CO)[C@@H](O)CC[C@@]2(C)[C@@]12CC[C@@](CO)(CC(=O)O)O2. The van der Waals surface area contributed by atoms with Gasteiger partial charge in [0.2, 0.25) is 0 Å². The molecule has 0 aromatic carbocycles. The fourth-order valence-electron chi connectivity index (χ4n) is 6.70. The Morgan fingerprint density at radius 3 is 2.35 bits per heavy atom. The maximum absolute atomic E-state index is 11.4. The predicted octanol–water partition coefficient (Wildman–Crippen LogP) is 1.95. The molecule has 1 spiro atoms. The number of fused-ring (bicyclic) bond motifs is 2. The van der Waals surface area contributed by atoms with Crippen LogP contribution in [0.25, 0.3) is 0 Å². The van der Waals surface area contributed by atoms with Crippen LogP contribution in [-0.4, -0.2) is 56.9 Å². The number of aliphatic hydroxyl groups is 3. The summed E-state index contributed by atoms with van der Waals surface area (Å²) in [6, 6.07) is 0. The topological polar surface area (TPSA) is 107 Å². The van der Waals surface area contributed by atoms with Gasteiger partial charge in [-0.1, -0.05) is 20.8 Å². The van der Waals surface area contributed by atoms with Crippen LogP contribution in [-0.2, 0) is 9.53 Å². The molecule has 0 radical (unpaired) electrons. The highest BCUT2D eigenvalue weighted by Crippen LogP contribution is 2.67. The number of hydrogen-bond donors (Lipinski definition) is 4. The van der Waals surface area contributed by atoms with E-state index in [1.54, 1.807) is 0 Å². The highest BCUT2D eigenvalue weighted by Gasteiger charge is 2.68. The Morgan fingerprint density at radius 2 is 1.77 bits per heavy atom. The van der Waals surface area contributed by atoms with Crippen LogP contribution in [0.5, 0.6) is 0 Å². The molecular formula is C20H34O6. The van der Waals surface area contributed by atoms with E-state index in [1.165, 1.54) is 0 Å². The van der Waals surface area contributed by atoms with Crippen LogP contribution in [0.2, 0.25) is 0 Å². The molecule has 0 amide bonds. The highest BCUT2D eigenvalue weighted by molar-refractivity contribution is 5.68. The van der Waals surface area contributed by atoms with Crippen LogP contribution >= 0.6 is 0 Å². The largest absolute Gasteiger partial charge is 0.481 e. The van der Waals surface area contributed by atoms with Gasteiger partial charge in [-0.2, -0.15) is 0 Å². The van der Waals surface area contributed by atoms with Crippen LogP contribution < -0.4 is 0 Å². The molecule has 150 valence electrons. The lowest BCUT2D eigenvalue weighted by atomic mass is 9.43. The number of aliphatic hydroxyl groups excluding tert-OH is 3. The third-order valence-corrected chi connectivity index (χ3v) is 8.37. The highest BCUT2D eigenvalue weighted by atomic mass is 16.5. The first-order chi connectivity index (χ1) is 12.1. The predicted molar refractivity (Wildman–Crippen MR) is 95.5 cm³/mol. The molecule has 0 unspecified atom stereocenters. The lowest BCUT2D eigenvalue weighted by molar-refractivity contribution is -0.271. The van der Waals surface area contributed by atoms with Gasteiger partial charge in [0.05, 0.1) is 31.3 Å². The number of hydrogen-bond acceptors (Lipinski definition) is 5. The van der Waals surface area contributed by atoms with Gasteiger partial charge in [-0.15, -0.1) is 0 Å². The number of aliphatic carboxylic acids is 1. The van der Waals surface area contributed by atoms with Crippen LogP contribution in [0.15, 0.2) is 0 Å². The van der Waals surface area contributed by atoms with Gasteiger partial charge in [0.1, 0.15) is 5.60 Å². The molecular weight excluding hydrogens is 336 g/mol. The molecule has 3 rings (SSSR count). The van der Waals surface area contributed by atoms with Crippen LogP contribution in [0.1, 0.15) is 65.7 Å². The first kappa shape index (κ1) is 20.1. The second-order valence-electron chi connectivity index (χ2n) is 9.57. The lowest BCUT2D eigenvalue weighted by Gasteiger charge is -2.65. The molecule has 6 heteroatoms. The number of carboxylic acid groups (broad SMARTS) is 1. The maximum atomic E-state index is 11.4. The smallest absolute Gasteiger partial charge is 0.306 e. The number of rotatable bonds is 4. The second kappa shape index (κ2) is 6.43. The Morgan fingerprint density at radius 1 is 1.08 bits per heavy atom. The molecule has 3 aliphatic rings. The standard InChI is InChI=1S/C20H34O6/c1-13-4-5-14-17(2,11-21)15(23)6-7-18(14,3)20(13)9-8-19(12-22,26-20)10-16(24)25/h13-15,21-23H,4-12H2,1-3H3,(H,24,25)/t13-,14+,15-,17+,18+,19-,20+/m0/s1. The quantitative estimate of drug-likeness (QED) is 0.602. The molecule has 26 heavy (non-hydrogen) atoms. The van der Waals surface area contributed by atoms with Crippen molar-refractivity contribution in [1.82, 2.24) is 0 Å². The van der Waals surface area contributed by atoms with E-state index in [0.717, 1.165) is 19.3 Å². The van der Waals surface area contributed by atoms with E-state index in [0.29, 0.717) is 19.3 Å². The molecule has 3 fully saturated rings. The van der Waals surface area contributed by atoms with E-state index in [9.17, 15) is 25.2 Å². The summed E-state index contributed by atoms with van der Waals surface area (Å²) in [7, 11) is 0. The average Bonchev–Trinajstić information content (AvgIpc) is 2.98. The van der Waals surface area contributed by atoms with E-state index in [2.05, 4.69) is 13.8 Å². The van der Waals surface area contributed by atoms with Gasteiger partial charge >= 0.3 is 5.97 Å². The van der Waals surface area contributed by atoms with Crippen molar-refractivity contribution in [1.29, 1.82) is 0 Å². The fraction of sp³-hybridized carbons (Fsp3) is 0.950. The molecule has 2 aliphatic carbocycles. The number of carboxylic acids is 1. The van der Waals surface area contributed by atoms with Crippen molar-refractivity contribution in [2.75, 3.05) is 13.2 Å². The van der Waals surface area contributed by atoms with Crippen molar-refractivity contribution >= 4 is 5.97 Å². The Bertz CT molecular complexity index is 567. The van der Waals surface area contributed by atoms with E-state index < -0.39 is 28.7 Å². The molecule has 6 nitrogen and oxygen atoms in total. The third kappa shape index (κ3) is 2.56. The summed E-state index contributed by atoms with van der Waals surface area (Å²) in [5.74, 6) is -0.621. The van der Waals surface area contributed by atoms with Gasteiger partial charge in [0, 0.05) is 10.8 Å². The van der Waals surface area contributed by atoms with Gasteiger partial charge in [0.25, 0.3) is 0 Å². The van der Waals surface area contributed by atoms with Crippen molar-refractivity contribution in [2.45, 2.75) is 83.0 Å². The van der Waals surface area contributed by atoms with Crippen LogP contribution in [0, 0.1) is 22.7 Å². The summed E-state index contributed by atoms with van der Waals surface area (Å²) in [6.45, 7) is 5.96. The van der Waals surface area contributed by atoms with Crippen molar-refractivity contribution < 1.29 is 30.0 Å². The van der Waals surface area contributed by atoms with Crippen molar-refractivity contribution in [3.63, 3.8) is 0 Å². The molecule has 7 atom stereocenters. The molecule has 0 bridgehead atoms. The number of carbonyl (C=O) groups is 1. The molecule has 1 aliphatic heterocycles. The first-order valence-corrected chi connectivity index (χ1v) is 9.91. The monoisotopic (exact) mass is 370 g/mol. The van der Waals surface area contributed by atoms with Crippen molar-refractivity contribution in [3.8, 4) is 0 Å². The minimum atomic E-state index is -1.03. The summed E-state index contributed by atoms with van der Waals surface area (Å²) < 4.78 is 6.60. The Kier molecular flexibility index (Phi) is 4.96. The van der Waals surface area contributed by atoms with E-state index in [-0.39, 0.29) is 36.9 Å². The third-order valence-electron chi connectivity index (χ3n) is 8.37. The molecule has 4 N–H and O–H groups in total. The lowest BCUT2D eigenvalue weighted by Crippen LogP contribution is -2.66. The molecule has 1 heterocycles. The number of ether oxygens (including phenoxy) is 1. The Balaban J connectivity index is 2.02. The summed E-state index contributed by atoms with van der Waals surface area (Å²) in [6.07, 6.45) is 3.73. The van der Waals surface area contributed by atoms with Gasteiger partial charge in [-0.25, -0.2) is 0 Å².